The van der Waals surface area contributed by atoms with Gasteiger partial charge in [-0.1, -0.05) is 66.2 Å². The van der Waals surface area contributed by atoms with E-state index in [4.69, 9.17) is 16.3 Å². The standard InChI is InChI=1S/C24H18ClNO2/c1-28-23-10-6-5-9-21(23)26-22(18-7-3-2-4-8-18)16-19(24(26)27)15-17-11-13-20(25)14-12-17/h2-16H,1H3. The number of halogens is 1. The van der Waals surface area contributed by atoms with Crippen LogP contribution in [0.2, 0.25) is 5.02 Å². The number of hydrogen-bond acceptors (Lipinski definition) is 2. The highest BCUT2D eigenvalue weighted by Crippen LogP contribution is 2.39. The molecule has 1 amide bonds. The summed E-state index contributed by atoms with van der Waals surface area (Å²) in [5.41, 5.74) is 4.01. The summed E-state index contributed by atoms with van der Waals surface area (Å²) in [6.45, 7) is 0. The zero-order chi connectivity index (χ0) is 19.5. The van der Waals surface area contributed by atoms with Gasteiger partial charge in [-0.2, -0.15) is 0 Å². The van der Waals surface area contributed by atoms with Gasteiger partial charge in [0.25, 0.3) is 5.91 Å². The minimum Gasteiger partial charge on any atom is -0.495 e. The molecule has 0 fully saturated rings. The maximum atomic E-state index is 13.4. The minimum atomic E-state index is -0.0988. The normalized spacial score (nSPS) is 15.1. The van der Waals surface area contributed by atoms with Gasteiger partial charge in [-0.05, 0) is 47.5 Å². The van der Waals surface area contributed by atoms with Crippen molar-refractivity contribution in [3.05, 3.63) is 107 Å². The second-order valence-corrected chi connectivity index (χ2v) is 6.80. The average molecular weight is 388 g/mol. The molecule has 4 heteroatoms. The number of hydrogen-bond donors (Lipinski definition) is 0. The van der Waals surface area contributed by atoms with Crippen molar-refractivity contribution in [2.24, 2.45) is 0 Å². The van der Waals surface area contributed by atoms with Crippen LogP contribution >= 0.6 is 11.6 Å². The second kappa shape index (κ2) is 7.75. The van der Waals surface area contributed by atoms with Crippen LogP contribution in [0.3, 0.4) is 0 Å². The quantitative estimate of drug-likeness (QED) is 0.528. The molecule has 0 bridgehead atoms. The molecule has 0 atom stereocenters. The number of benzene rings is 3. The summed E-state index contributed by atoms with van der Waals surface area (Å²) in [6, 6.07) is 24.8. The largest absolute Gasteiger partial charge is 0.495 e. The molecular formula is C24H18ClNO2. The van der Waals surface area contributed by atoms with Crippen LogP contribution in [-0.2, 0) is 4.79 Å². The van der Waals surface area contributed by atoms with Crippen molar-refractivity contribution in [2.45, 2.75) is 0 Å². The highest BCUT2D eigenvalue weighted by molar-refractivity contribution is 6.30. The first-order valence-electron chi connectivity index (χ1n) is 8.89. The van der Waals surface area contributed by atoms with Crippen molar-refractivity contribution in [1.29, 1.82) is 0 Å². The Morgan fingerprint density at radius 3 is 2.29 bits per heavy atom. The smallest absolute Gasteiger partial charge is 0.263 e. The molecule has 0 saturated carbocycles. The van der Waals surface area contributed by atoms with Crippen LogP contribution in [0.15, 0.2) is 90.5 Å². The number of nitrogens with zero attached hydrogens (tertiary/aromatic N) is 1. The van der Waals surface area contributed by atoms with Gasteiger partial charge in [0.05, 0.1) is 18.5 Å². The molecule has 1 heterocycles. The molecular weight excluding hydrogens is 370 g/mol. The van der Waals surface area contributed by atoms with E-state index in [2.05, 4.69) is 0 Å². The first kappa shape index (κ1) is 18.1. The number of rotatable bonds is 4. The van der Waals surface area contributed by atoms with Gasteiger partial charge in [-0.25, -0.2) is 0 Å². The Kier molecular flexibility index (Phi) is 5.00. The third kappa shape index (κ3) is 3.45. The van der Waals surface area contributed by atoms with Crippen LogP contribution in [0.25, 0.3) is 11.8 Å². The van der Waals surface area contributed by atoms with E-state index >= 15 is 0 Å². The molecule has 28 heavy (non-hydrogen) atoms. The van der Waals surface area contributed by atoms with Crippen molar-refractivity contribution in [1.82, 2.24) is 0 Å². The van der Waals surface area contributed by atoms with Gasteiger partial charge in [0, 0.05) is 10.6 Å². The van der Waals surface area contributed by atoms with E-state index < -0.39 is 0 Å². The summed E-state index contributed by atoms with van der Waals surface area (Å²) in [4.78, 5) is 15.1. The van der Waals surface area contributed by atoms with Gasteiger partial charge < -0.3 is 4.74 Å². The maximum absolute atomic E-state index is 13.4. The predicted octanol–water partition coefficient (Wildman–Crippen LogP) is 5.82. The topological polar surface area (TPSA) is 29.5 Å². The third-order valence-corrected chi connectivity index (χ3v) is 4.82. The van der Waals surface area contributed by atoms with Crippen molar-refractivity contribution in [2.75, 3.05) is 12.0 Å². The highest BCUT2D eigenvalue weighted by Gasteiger charge is 2.32. The van der Waals surface area contributed by atoms with E-state index in [0.29, 0.717) is 22.0 Å². The maximum Gasteiger partial charge on any atom is 0.263 e. The summed E-state index contributed by atoms with van der Waals surface area (Å²) in [5, 5.41) is 0.663. The molecule has 3 aromatic rings. The van der Waals surface area contributed by atoms with Crippen LogP contribution in [-0.4, -0.2) is 13.0 Å². The number of anilines is 1. The third-order valence-electron chi connectivity index (χ3n) is 4.57. The van der Waals surface area contributed by atoms with Crippen LogP contribution < -0.4 is 9.64 Å². The van der Waals surface area contributed by atoms with E-state index in [9.17, 15) is 4.79 Å². The van der Waals surface area contributed by atoms with E-state index in [-0.39, 0.29) is 5.91 Å². The lowest BCUT2D eigenvalue weighted by Crippen LogP contribution is -2.25. The Labute approximate surface area is 169 Å². The molecule has 0 spiro atoms. The Balaban J connectivity index is 1.84. The fraction of sp³-hybridized carbons (Fsp3) is 0.0417. The van der Waals surface area contributed by atoms with Crippen molar-refractivity contribution in [3.63, 3.8) is 0 Å². The van der Waals surface area contributed by atoms with Crippen molar-refractivity contribution >= 4 is 35.0 Å². The fourth-order valence-corrected chi connectivity index (χ4v) is 3.36. The predicted molar refractivity (Wildman–Crippen MR) is 114 cm³/mol. The van der Waals surface area contributed by atoms with E-state index in [1.54, 1.807) is 12.0 Å². The molecule has 0 radical (unpaired) electrons. The molecule has 0 unspecified atom stereocenters. The Hall–Kier alpha value is -3.30. The molecule has 0 saturated heterocycles. The van der Waals surface area contributed by atoms with Crippen LogP contribution in [0, 0.1) is 0 Å². The highest BCUT2D eigenvalue weighted by atomic mass is 35.5. The zero-order valence-corrected chi connectivity index (χ0v) is 16.1. The Morgan fingerprint density at radius 2 is 1.57 bits per heavy atom. The van der Waals surface area contributed by atoms with Crippen molar-refractivity contribution < 1.29 is 9.53 Å². The van der Waals surface area contributed by atoms with Gasteiger partial charge in [-0.15, -0.1) is 0 Å². The SMILES string of the molecule is COc1ccccc1N1C(=O)C(=Cc2ccc(Cl)cc2)C=C1c1ccccc1. The monoisotopic (exact) mass is 387 g/mol. The fourth-order valence-electron chi connectivity index (χ4n) is 3.23. The van der Waals surface area contributed by atoms with Crippen LogP contribution in [0.1, 0.15) is 11.1 Å². The summed E-state index contributed by atoms with van der Waals surface area (Å²) in [7, 11) is 1.61. The summed E-state index contributed by atoms with van der Waals surface area (Å²) in [6.07, 6.45) is 3.79. The van der Waals surface area contributed by atoms with Crippen LogP contribution in [0.5, 0.6) is 5.75 Å². The zero-order valence-electron chi connectivity index (χ0n) is 15.3. The second-order valence-electron chi connectivity index (χ2n) is 6.36. The van der Waals surface area contributed by atoms with Gasteiger partial charge >= 0.3 is 0 Å². The van der Waals surface area contributed by atoms with E-state index in [0.717, 1.165) is 16.8 Å². The number of methoxy groups -OCH3 is 1. The molecule has 1 aliphatic rings. The minimum absolute atomic E-state index is 0.0988. The van der Waals surface area contributed by atoms with Gasteiger partial charge in [0.1, 0.15) is 5.75 Å². The Bertz CT molecular complexity index is 1070. The number of carbonyl (C=O) groups excluding carboxylic acids is 1. The molecule has 3 nitrogen and oxygen atoms in total. The molecule has 138 valence electrons. The molecule has 0 N–H and O–H groups in total. The molecule has 1 aliphatic heterocycles. The number of carbonyl (C=O) groups is 1. The van der Waals surface area contributed by atoms with Crippen LogP contribution in [0.4, 0.5) is 5.69 Å². The lowest BCUT2D eigenvalue weighted by molar-refractivity contribution is -0.113. The number of ether oxygens (including phenoxy) is 1. The summed E-state index contributed by atoms with van der Waals surface area (Å²) in [5.74, 6) is 0.545. The van der Waals surface area contributed by atoms with Gasteiger partial charge in [0.2, 0.25) is 0 Å². The van der Waals surface area contributed by atoms with E-state index in [1.165, 1.54) is 0 Å². The first-order valence-corrected chi connectivity index (χ1v) is 9.27. The first-order chi connectivity index (χ1) is 13.7. The number of amides is 1. The summed E-state index contributed by atoms with van der Waals surface area (Å²) >= 11 is 5.98. The molecule has 0 aliphatic carbocycles. The average Bonchev–Trinajstić information content (AvgIpc) is 3.06. The lowest BCUT2D eigenvalue weighted by Gasteiger charge is -2.22. The van der Waals surface area contributed by atoms with Gasteiger partial charge in [-0.3, -0.25) is 9.69 Å². The molecule has 0 aromatic heterocycles. The molecule has 4 rings (SSSR count). The summed E-state index contributed by atoms with van der Waals surface area (Å²) < 4.78 is 5.50. The van der Waals surface area contributed by atoms with E-state index in [1.807, 2.05) is 91.0 Å². The Morgan fingerprint density at radius 1 is 0.893 bits per heavy atom. The number of para-hydroxylation sites is 2. The van der Waals surface area contributed by atoms with Gasteiger partial charge in [0.15, 0.2) is 0 Å². The molecule has 3 aromatic carbocycles. The van der Waals surface area contributed by atoms with Crippen molar-refractivity contribution in [3.8, 4) is 5.75 Å². The lowest BCUT2D eigenvalue weighted by atomic mass is 10.1.